The molecule has 5 nitrogen and oxygen atoms in total. The standard InChI is InChI=1S/C10H16N4O/c1-3-14-9(6-12-13-14)10(15)8-5-11-4-7(8)2/h6-8,11H,3-5H2,1-2H3. The number of hydrogen-bond donors (Lipinski definition) is 1. The molecule has 2 rings (SSSR count). The van der Waals surface area contributed by atoms with Gasteiger partial charge in [-0.1, -0.05) is 12.1 Å². The van der Waals surface area contributed by atoms with Crippen molar-refractivity contribution < 1.29 is 4.79 Å². The van der Waals surface area contributed by atoms with E-state index in [4.69, 9.17) is 0 Å². The van der Waals surface area contributed by atoms with Crippen molar-refractivity contribution in [1.82, 2.24) is 20.3 Å². The Balaban J connectivity index is 2.20. The summed E-state index contributed by atoms with van der Waals surface area (Å²) in [6, 6.07) is 0. The first-order valence-corrected chi connectivity index (χ1v) is 5.37. The van der Waals surface area contributed by atoms with E-state index in [1.807, 2.05) is 6.92 Å². The fourth-order valence-corrected chi connectivity index (χ4v) is 2.03. The Labute approximate surface area is 88.9 Å². The number of rotatable bonds is 3. The molecule has 1 aromatic rings. The average Bonchev–Trinajstić information content (AvgIpc) is 2.84. The van der Waals surface area contributed by atoms with E-state index in [0.29, 0.717) is 18.2 Å². The SMILES string of the molecule is CCn1nncc1C(=O)C1CNCC1C. The van der Waals surface area contributed by atoms with E-state index in [0.717, 1.165) is 13.1 Å². The molecule has 1 aliphatic heterocycles. The molecule has 1 saturated heterocycles. The Morgan fingerprint density at radius 1 is 1.67 bits per heavy atom. The van der Waals surface area contributed by atoms with Crippen molar-refractivity contribution in [3.63, 3.8) is 0 Å². The zero-order valence-electron chi connectivity index (χ0n) is 9.10. The molecule has 1 aromatic heterocycles. The maximum atomic E-state index is 12.2. The van der Waals surface area contributed by atoms with E-state index in [9.17, 15) is 4.79 Å². The van der Waals surface area contributed by atoms with Gasteiger partial charge in [0, 0.05) is 19.0 Å². The molecule has 5 heteroatoms. The quantitative estimate of drug-likeness (QED) is 0.727. The van der Waals surface area contributed by atoms with Crippen LogP contribution in [0.1, 0.15) is 24.3 Å². The molecule has 0 amide bonds. The van der Waals surface area contributed by atoms with E-state index >= 15 is 0 Å². The van der Waals surface area contributed by atoms with Gasteiger partial charge in [0.25, 0.3) is 0 Å². The lowest BCUT2D eigenvalue weighted by atomic mass is 9.92. The molecule has 82 valence electrons. The van der Waals surface area contributed by atoms with E-state index in [-0.39, 0.29) is 11.7 Å². The zero-order chi connectivity index (χ0) is 10.8. The van der Waals surface area contributed by atoms with Crippen LogP contribution >= 0.6 is 0 Å². The Bertz CT molecular complexity index is 360. The molecule has 2 atom stereocenters. The van der Waals surface area contributed by atoms with Gasteiger partial charge in [0.15, 0.2) is 5.78 Å². The van der Waals surface area contributed by atoms with Gasteiger partial charge < -0.3 is 5.32 Å². The van der Waals surface area contributed by atoms with Gasteiger partial charge in [-0.25, -0.2) is 4.68 Å². The van der Waals surface area contributed by atoms with Gasteiger partial charge in [0.1, 0.15) is 5.69 Å². The number of hydrogen-bond acceptors (Lipinski definition) is 4. The third-order valence-corrected chi connectivity index (χ3v) is 3.02. The van der Waals surface area contributed by atoms with Gasteiger partial charge in [-0.2, -0.15) is 0 Å². The predicted octanol–water partition coefficient (Wildman–Crippen LogP) is 0.336. The second kappa shape index (κ2) is 4.10. The monoisotopic (exact) mass is 208 g/mol. The second-order valence-corrected chi connectivity index (χ2v) is 4.04. The van der Waals surface area contributed by atoms with Gasteiger partial charge in [-0.3, -0.25) is 4.79 Å². The number of carbonyl (C=O) groups excluding carboxylic acids is 1. The van der Waals surface area contributed by atoms with Crippen molar-refractivity contribution in [2.24, 2.45) is 11.8 Å². The number of Topliss-reactive ketones (excluding diaryl/α,β-unsaturated/α-hetero) is 1. The van der Waals surface area contributed by atoms with Crippen LogP contribution in [0.15, 0.2) is 6.20 Å². The molecule has 2 unspecified atom stereocenters. The lowest BCUT2D eigenvalue weighted by molar-refractivity contribution is 0.0896. The Kier molecular flexibility index (Phi) is 2.81. The Morgan fingerprint density at radius 2 is 2.47 bits per heavy atom. The summed E-state index contributed by atoms with van der Waals surface area (Å²) in [5.41, 5.74) is 0.637. The van der Waals surface area contributed by atoms with E-state index in [1.165, 1.54) is 0 Å². The third kappa shape index (κ3) is 1.79. The smallest absolute Gasteiger partial charge is 0.187 e. The number of ketones is 1. The summed E-state index contributed by atoms with van der Waals surface area (Å²) >= 11 is 0. The molecule has 0 saturated carbocycles. The van der Waals surface area contributed by atoms with Crippen molar-refractivity contribution in [2.75, 3.05) is 13.1 Å². The van der Waals surface area contributed by atoms with Crippen molar-refractivity contribution in [2.45, 2.75) is 20.4 Å². The summed E-state index contributed by atoms with van der Waals surface area (Å²) in [6.07, 6.45) is 1.57. The highest BCUT2D eigenvalue weighted by molar-refractivity contribution is 5.96. The maximum absolute atomic E-state index is 12.2. The molecular formula is C10H16N4O. The molecule has 0 spiro atoms. The van der Waals surface area contributed by atoms with Crippen LogP contribution in [0.5, 0.6) is 0 Å². The minimum atomic E-state index is 0.0776. The highest BCUT2D eigenvalue weighted by Gasteiger charge is 2.31. The van der Waals surface area contributed by atoms with Gasteiger partial charge in [0.2, 0.25) is 0 Å². The number of carbonyl (C=O) groups is 1. The van der Waals surface area contributed by atoms with Crippen LogP contribution in [0.3, 0.4) is 0 Å². The summed E-state index contributed by atoms with van der Waals surface area (Å²) < 4.78 is 1.66. The van der Waals surface area contributed by atoms with E-state index in [2.05, 4.69) is 22.6 Å². The third-order valence-electron chi connectivity index (χ3n) is 3.02. The van der Waals surface area contributed by atoms with Crippen LogP contribution in [0.25, 0.3) is 0 Å². The van der Waals surface area contributed by atoms with Crippen LogP contribution in [-0.2, 0) is 6.54 Å². The van der Waals surface area contributed by atoms with Crippen LogP contribution in [-0.4, -0.2) is 33.9 Å². The van der Waals surface area contributed by atoms with Crippen molar-refractivity contribution in [3.8, 4) is 0 Å². The highest BCUT2D eigenvalue weighted by atomic mass is 16.1. The number of aryl methyl sites for hydroxylation is 1. The number of nitrogens with zero attached hydrogens (tertiary/aromatic N) is 3. The molecule has 2 heterocycles. The summed E-state index contributed by atoms with van der Waals surface area (Å²) in [7, 11) is 0. The first-order valence-electron chi connectivity index (χ1n) is 5.37. The van der Waals surface area contributed by atoms with Crippen LogP contribution in [0.2, 0.25) is 0 Å². The maximum Gasteiger partial charge on any atom is 0.187 e. The normalized spacial score (nSPS) is 25.7. The van der Waals surface area contributed by atoms with Crippen molar-refractivity contribution >= 4 is 5.78 Å². The van der Waals surface area contributed by atoms with Crippen molar-refractivity contribution in [1.29, 1.82) is 0 Å². The zero-order valence-corrected chi connectivity index (χ0v) is 9.10. The van der Waals surface area contributed by atoms with Gasteiger partial charge in [0.05, 0.1) is 6.20 Å². The summed E-state index contributed by atoms with van der Waals surface area (Å²) in [5.74, 6) is 0.644. The molecular weight excluding hydrogens is 192 g/mol. The van der Waals surface area contributed by atoms with Crippen LogP contribution in [0.4, 0.5) is 0 Å². The van der Waals surface area contributed by atoms with Crippen LogP contribution in [0, 0.1) is 11.8 Å². The fraction of sp³-hybridized carbons (Fsp3) is 0.700. The Morgan fingerprint density at radius 3 is 3.07 bits per heavy atom. The number of nitrogens with one attached hydrogen (secondary N) is 1. The molecule has 0 bridgehead atoms. The topological polar surface area (TPSA) is 59.8 Å². The molecule has 1 aliphatic rings. The summed E-state index contributed by atoms with van der Waals surface area (Å²) in [5, 5.41) is 10.9. The van der Waals surface area contributed by atoms with E-state index < -0.39 is 0 Å². The van der Waals surface area contributed by atoms with Gasteiger partial charge in [-0.05, 0) is 19.4 Å². The summed E-state index contributed by atoms with van der Waals surface area (Å²) in [6.45, 7) is 6.44. The Hall–Kier alpha value is -1.23. The molecule has 0 radical (unpaired) electrons. The molecule has 15 heavy (non-hydrogen) atoms. The van der Waals surface area contributed by atoms with Crippen LogP contribution < -0.4 is 5.32 Å². The lowest BCUT2D eigenvalue weighted by Crippen LogP contribution is -2.24. The second-order valence-electron chi connectivity index (χ2n) is 4.04. The van der Waals surface area contributed by atoms with Gasteiger partial charge in [-0.15, -0.1) is 5.10 Å². The van der Waals surface area contributed by atoms with Crippen molar-refractivity contribution in [3.05, 3.63) is 11.9 Å². The fourth-order valence-electron chi connectivity index (χ4n) is 2.03. The van der Waals surface area contributed by atoms with Gasteiger partial charge >= 0.3 is 0 Å². The van der Waals surface area contributed by atoms with E-state index in [1.54, 1.807) is 10.9 Å². The lowest BCUT2D eigenvalue weighted by Gasteiger charge is -2.12. The minimum absolute atomic E-state index is 0.0776. The first-order chi connectivity index (χ1) is 7.24. The molecule has 1 fully saturated rings. The highest BCUT2D eigenvalue weighted by Crippen LogP contribution is 2.20. The molecule has 0 aliphatic carbocycles. The number of aromatic nitrogens is 3. The summed E-state index contributed by atoms with van der Waals surface area (Å²) in [4.78, 5) is 12.2. The minimum Gasteiger partial charge on any atom is -0.316 e. The average molecular weight is 208 g/mol. The molecule has 0 aromatic carbocycles. The predicted molar refractivity (Wildman–Crippen MR) is 55.6 cm³/mol. The largest absolute Gasteiger partial charge is 0.316 e. The molecule has 1 N–H and O–H groups in total. The first kappa shape index (κ1) is 10.3.